The average molecular weight is 549 g/mol. The van der Waals surface area contributed by atoms with Crippen molar-refractivity contribution in [1.82, 2.24) is 19.8 Å². The first-order valence-corrected chi connectivity index (χ1v) is 10.2. The van der Waals surface area contributed by atoms with Crippen LogP contribution in [0.1, 0.15) is 12.0 Å². The first-order chi connectivity index (χ1) is 13.0. The van der Waals surface area contributed by atoms with Crippen molar-refractivity contribution < 1.29 is 21.6 Å². The van der Waals surface area contributed by atoms with E-state index < -0.39 is 22.7 Å². The quantitative estimate of drug-likeness (QED) is 0.322. The molecule has 1 aliphatic heterocycles. The number of alkyl halides is 3. The molecule has 0 aliphatic carbocycles. The van der Waals surface area contributed by atoms with Crippen LogP contribution in [0.5, 0.6) is 0 Å². The summed E-state index contributed by atoms with van der Waals surface area (Å²) in [6.07, 6.45) is -3.59. The second-order valence-corrected chi connectivity index (χ2v) is 8.99. The zero-order valence-electron chi connectivity index (χ0n) is 16.5. The molecule has 1 aromatic carbocycles. The summed E-state index contributed by atoms with van der Waals surface area (Å²) >= 11 is 0. The van der Waals surface area contributed by atoms with Gasteiger partial charge in [0.1, 0.15) is 0 Å². The molecule has 1 saturated heterocycles. The number of hydrogen-bond acceptors (Lipinski definition) is 4. The maximum absolute atomic E-state index is 12.5. The van der Waals surface area contributed by atoms with Crippen LogP contribution in [0.4, 0.5) is 13.2 Å². The van der Waals surface area contributed by atoms with Gasteiger partial charge in [0.05, 0.1) is 11.4 Å². The van der Waals surface area contributed by atoms with Crippen molar-refractivity contribution in [3.8, 4) is 0 Å². The number of nitrogens with zero attached hydrogens (tertiary/aromatic N) is 3. The first kappa shape index (κ1) is 25.9. The molecule has 2 N–H and O–H groups in total. The highest BCUT2D eigenvalue weighted by Crippen LogP contribution is 2.20. The zero-order chi connectivity index (χ0) is 20.9. The van der Waals surface area contributed by atoms with Gasteiger partial charge in [0.15, 0.2) is 5.96 Å². The van der Waals surface area contributed by atoms with E-state index in [0.29, 0.717) is 32.0 Å². The number of nitrogens with one attached hydrogen (secondary N) is 2. The molecule has 1 aliphatic rings. The Hall–Kier alpha value is -1.12. The Bertz CT molecular complexity index is 785. The molecule has 0 amide bonds. The maximum atomic E-state index is 12.5. The second-order valence-electron chi connectivity index (χ2n) is 6.84. The Morgan fingerprint density at radius 3 is 2.41 bits per heavy atom. The van der Waals surface area contributed by atoms with Gasteiger partial charge in [-0.3, -0.25) is 9.89 Å². The van der Waals surface area contributed by atoms with Gasteiger partial charge in [-0.25, -0.2) is 12.7 Å². The third-order valence-corrected chi connectivity index (χ3v) is 6.23. The molecule has 0 radical (unpaired) electrons. The van der Waals surface area contributed by atoms with Crippen molar-refractivity contribution in [3.05, 3.63) is 29.8 Å². The fraction of sp³-hybridized carbons (Fsp3) is 0.588. The summed E-state index contributed by atoms with van der Waals surface area (Å²) in [6, 6.07) is 6.37. The van der Waals surface area contributed by atoms with Gasteiger partial charge in [-0.15, -0.1) is 24.0 Å². The lowest BCUT2D eigenvalue weighted by molar-refractivity contribution is -0.143. The van der Waals surface area contributed by atoms with E-state index in [1.54, 1.807) is 19.2 Å². The van der Waals surface area contributed by atoms with E-state index in [0.717, 1.165) is 9.87 Å². The van der Waals surface area contributed by atoms with Crippen LogP contribution in [0, 0.1) is 0 Å². The number of halogens is 4. The molecule has 29 heavy (non-hydrogen) atoms. The molecular formula is C17H27F3IN5O2S. The molecular weight excluding hydrogens is 522 g/mol. The van der Waals surface area contributed by atoms with E-state index in [4.69, 9.17) is 0 Å². The number of sulfonamides is 1. The summed E-state index contributed by atoms with van der Waals surface area (Å²) in [4.78, 5) is 5.68. The summed E-state index contributed by atoms with van der Waals surface area (Å²) in [6.45, 7) is 0.188. The van der Waals surface area contributed by atoms with E-state index >= 15 is 0 Å². The summed E-state index contributed by atoms with van der Waals surface area (Å²) in [5.74, 6) is 0.490. The molecule has 1 aromatic rings. The Morgan fingerprint density at radius 2 is 1.90 bits per heavy atom. The lowest BCUT2D eigenvalue weighted by Crippen LogP contribution is -2.44. The predicted molar refractivity (Wildman–Crippen MR) is 117 cm³/mol. The van der Waals surface area contributed by atoms with E-state index in [1.165, 1.54) is 31.1 Å². The summed E-state index contributed by atoms with van der Waals surface area (Å²) in [5.41, 5.74) is 0.853. The molecule has 1 atom stereocenters. The molecule has 1 fully saturated rings. The van der Waals surface area contributed by atoms with Crippen LogP contribution in [-0.4, -0.2) is 76.6 Å². The molecule has 166 valence electrons. The van der Waals surface area contributed by atoms with Gasteiger partial charge < -0.3 is 10.6 Å². The van der Waals surface area contributed by atoms with Crippen LogP contribution < -0.4 is 10.6 Å². The minimum Gasteiger partial charge on any atom is -0.352 e. The van der Waals surface area contributed by atoms with Crippen LogP contribution in [0.15, 0.2) is 34.2 Å². The molecule has 0 bridgehead atoms. The highest BCUT2D eigenvalue weighted by molar-refractivity contribution is 14.0. The number of benzene rings is 1. The Labute approximate surface area is 186 Å². The van der Waals surface area contributed by atoms with Gasteiger partial charge in [0, 0.05) is 46.8 Å². The largest absolute Gasteiger partial charge is 0.401 e. The van der Waals surface area contributed by atoms with Crippen molar-refractivity contribution in [1.29, 1.82) is 0 Å². The van der Waals surface area contributed by atoms with Gasteiger partial charge in [-0.2, -0.15) is 13.2 Å². The summed E-state index contributed by atoms with van der Waals surface area (Å²) in [7, 11) is 1.06. The fourth-order valence-corrected chi connectivity index (χ4v) is 3.81. The second kappa shape index (κ2) is 10.8. The molecule has 1 heterocycles. The minimum absolute atomic E-state index is 0. The smallest absolute Gasteiger partial charge is 0.352 e. The number of guanidine groups is 1. The van der Waals surface area contributed by atoms with Gasteiger partial charge in [-0.05, 0) is 24.1 Å². The van der Waals surface area contributed by atoms with Crippen molar-refractivity contribution in [2.45, 2.75) is 30.1 Å². The van der Waals surface area contributed by atoms with E-state index in [9.17, 15) is 21.6 Å². The summed E-state index contributed by atoms with van der Waals surface area (Å²) < 4.78 is 62.7. The monoisotopic (exact) mass is 549 g/mol. The van der Waals surface area contributed by atoms with Crippen LogP contribution in [0.3, 0.4) is 0 Å². The highest BCUT2D eigenvalue weighted by atomic mass is 127. The van der Waals surface area contributed by atoms with Crippen LogP contribution in [0.2, 0.25) is 0 Å². The van der Waals surface area contributed by atoms with Crippen molar-refractivity contribution in [2.75, 3.05) is 40.8 Å². The normalized spacial score (nSPS) is 18.6. The number of hydrogen-bond donors (Lipinski definition) is 2. The topological polar surface area (TPSA) is 77.0 Å². The van der Waals surface area contributed by atoms with Gasteiger partial charge >= 0.3 is 6.18 Å². The minimum atomic E-state index is -4.19. The molecule has 0 aromatic heterocycles. The van der Waals surface area contributed by atoms with Crippen LogP contribution in [0.25, 0.3) is 0 Å². The highest BCUT2D eigenvalue weighted by Gasteiger charge is 2.34. The van der Waals surface area contributed by atoms with Crippen LogP contribution in [-0.2, 0) is 16.6 Å². The molecule has 12 heteroatoms. The van der Waals surface area contributed by atoms with Gasteiger partial charge in [0.25, 0.3) is 0 Å². The molecule has 2 rings (SSSR count). The average Bonchev–Trinajstić information content (AvgIpc) is 3.03. The SMILES string of the molecule is CN=C(NCc1ccc(S(=O)(=O)N(C)C)cc1)NC1CCN(CC(F)(F)F)C1.I. The third-order valence-electron chi connectivity index (χ3n) is 4.40. The Morgan fingerprint density at radius 1 is 1.28 bits per heavy atom. The molecule has 1 unspecified atom stereocenters. The number of aliphatic imine (C=N–C) groups is 1. The molecule has 0 spiro atoms. The van der Waals surface area contributed by atoms with E-state index in [-0.39, 0.29) is 34.9 Å². The standard InChI is InChI=1S/C17H26F3N5O2S.HI/c1-21-16(23-14-8-9-25(11-14)12-17(18,19)20)22-10-13-4-6-15(7-5-13)28(26,27)24(2)3;/h4-7,14H,8-12H2,1-3H3,(H2,21,22,23);1H. The molecule has 0 saturated carbocycles. The fourth-order valence-electron chi connectivity index (χ4n) is 2.91. The lowest BCUT2D eigenvalue weighted by Gasteiger charge is -2.20. The van der Waals surface area contributed by atoms with E-state index in [1.807, 2.05) is 0 Å². The van der Waals surface area contributed by atoms with Crippen molar-refractivity contribution in [3.63, 3.8) is 0 Å². The number of likely N-dealkylation sites (tertiary alicyclic amines) is 1. The Kier molecular flexibility index (Phi) is 9.63. The lowest BCUT2D eigenvalue weighted by atomic mass is 10.2. The van der Waals surface area contributed by atoms with E-state index in [2.05, 4.69) is 15.6 Å². The van der Waals surface area contributed by atoms with Crippen molar-refractivity contribution in [2.24, 2.45) is 4.99 Å². The van der Waals surface area contributed by atoms with Gasteiger partial charge in [-0.1, -0.05) is 12.1 Å². The maximum Gasteiger partial charge on any atom is 0.401 e. The predicted octanol–water partition coefficient (Wildman–Crippen LogP) is 1.86. The van der Waals surface area contributed by atoms with Gasteiger partial charge in [0.2, 0.25) is 10.0 Å². The third kappa shape index (κ3) is 7.90. The van der Waals surface area contributed by atoms with Crippen molar-refractivity contribution >= 4 is 40.0 Å². The zero-order valence-corrected chi connectivity index (χ0v) is 19.7. The first-order valence-electron chi connectivity index (χ1n) is 8.79. The molecule has 7 nitrogen and oxygen atoms in total. The Balaban J connectivity index is 0.00000420. The van der Waals surface area contributed by atoms with Crippen LogP contribution >= 0.6 is 24.0 Å². The number of rotatable bonds is 6. The summed E-state index contributed by atoms with van der Waals surface area (Å²) in [5, 5.41) is 6.22.